The molecule has 6 rings (SSSR count). The summed E-state index contributed by atoms with van der Waals surface area (Å²) >= 11 is 0. The van der Waals surface area contributed by atoms with Crippen LogP contribution in [0.15, 0.2) is 78.9 Å². The second-order valence-electron chi connectivity index (χ2n) is 11.0. The third kappa shape index (κ3) is 5.92. The van der Waals surface area contributed by atoms with Gasteiger partial charge in [-0.3, -0.25) is 9.69 Å². The van der Waals surface area contributed by atoms with Gasteiger partial charge in [0.15, 0.2) is 5.69 Å². The molecule has 0 saturated heterocycles. The molecule has 1 unspecified atom stereocenters. The molecule has 1 heterocycles. The molecule has 0 aliphatic heterocycles. The number of rotatable bonds is 9. The van der Waals surface area contributed by atoms with Gasteiger partial charge >= 0.3 is 6.18 Å². The minimum atomic E-state index is -4.71. The first kappa shape index (κ1) is 27.2. The second-order valence-corrected chi connectivity index (χ2v) is 11.0. The van der Waals surface area contributed by atoms with Crippen LogP contribution in [-0.2, 0) is 12.7 Å². The Kier molecular flexibility index (Phi) is 7.17. The van der Waals surface area contributed by atoms with Gasteiger partial charge in [0.1, 0.15) is 5.69 Å². The van der Waals surface area contributed by atoms with E-state index < -0.39 is 17.8 Å². The number of nitrogens with zero attached hydrogens (tertiary/aromatic N) is 3. The van der Waals surface area contributed by atoms with E-state index in [0.717, 1.165) is 53.1 Å². The number of hydrogen-bond acceptors (Lipinski definition) is 4. The molecule has 212 valence electrons. The molecule has 4 aromatic rings. The van der Waals surface area contributed by atoms with E-state index >= 15 is 0 Å². The van der Waals surface area contributed by atoms with E-state index in [2.05, 4.69) is 40.6 Å². The lowest BCUT2D eigenvalue weighted by Gasteiger charge is -2.30. The van der Waals surface area contributed by atoms with Crippen LogP contribution in [0.25, 0.3) is 5.69 Å². The van der Waals surface area contributed by atoms with Crippen molar-refractivity contribution >= 4 is 11.6 Å². The van der Waals surface area contributed by atoms with Crippen LogP contribution in [0.3, 0.4) is 0 Å². The first-order valence-corrected chi connectivity index (χ1v) is 13.9. The van der Waals surface area contributed by atoms with Crippen LogP contribution in [0.1, 0.15) is 76.1 Å². The Balaban J connectivity index is 1.39. The van der Waals surface area contributed by atoms with Crippen LogP contribution in [-0.4, -0.2) is 33.7 Å². The van der Waals surface area contributed by atoms with Gasteiger partial charge in [-0.1, -0.05) is 48.5 Å². The highest BCUT2D eigenvalue weighted by molar-refractivity contribution is 6.03. The zero-order chi connectivity index (χ0) is 28.7. The molecule has 0 spiro atoms. The molecule has 2 aliphatic carbocycles. The lowest BCUT2D eigenvalue weighted by atomic mass is 9.94. The average molecular weight is 560 g/mol. The third-order valence-corrected chi connectivity index (χ3v) is 7.87. The van der Waals surface area contributed by atoms with Crippen molar-refractivity contribution in [3.63, 3.8) is 0 Å². The maximum Gasteiger partial charge on any atom is 0.435 e. The number of nitrogens with one attached hydrogen (secondary N) is 1. The van der Waals surface area contributed by atoms with E-state index in [-0.39, 0.29) is 18.3 Å². The zero-order valence-electron chi connectivity index (χ0n) is 22.7. The molecule has 2 fully saturated rings. The molecule has 1 aromatic heterocycles. The fourth-order valence-corrected chi connectivity index (χ4v) is 5.44. The van der Waals surface area contributed by atoms with Crippen LogP contribution >= 0.6 is 0 Å². The van der Waals surface area contributed by atoms with Gasteiger partial charge in [-0.2, -0.15) is 18.3 Å². The minimum Gasteiger partial charge on any atom is -0.326 e. The Morgan fingerprint density at radius 3 is 2.41 bits per heavy atom. The summed E-state index contributed by atoms with van der Waals surface area (Å²) in [6.07, 6.45) is -0.276. The molecule has 41 heavy (non-hydrogen) atoms. The molecule has 1 atom stereocenters. The van der Waals surface area contributed by atoms with Crippen molar-refractivity contribution in [1.82, 2.24) is 14.7 Å². The standard InChI is InChI=1S/C32H32F3N5O/c1-39(26-12-13-26)30(22-7-3-2-4-8-22)24-15-23(21-10-11-21)16-25(17-24)37-31(41)28-18-29(32(33,34)35)38-40(28)27-9-5-6-20(14-27)19-36/h2-9,14-18,21,26,30H,10-13,19,36H2,1H3,(H,37,41). The van der Waals surface area contributed by atoms with Gasteiger partial charge in [-0.15, -0.1) is 0 Å². The van der Waals surface area contributed by atoms with Gasteiger partial charge in [0, 0.05) is 24.3 Å². The molecule has 2 aliphatic rings. The van der Waals surface area contributed by atoms with Crippen molar-refractivity contribution in [1.29, 1.82) is 0 Å². The molecule has 3 N–H and O–H groups in total. The molecular formula is C32H32F3N5O. The highest BCUT2D eigenvalue weighted by Gasteiger charge is 2.37. The molecule has 2 saturated carbocycles. The van der Waals surface area contributed by atoms with Crippen molar-refractivity contribution in [2.45, 2.75) is 56.4 Å². The monoisotopic (exact) mass is 559 g/mol. The quantitative estimate of drug-likeness (QED) is 0.240. The van der Waals surface area contributed by atoms with Crippen LogP contribution in [0.4, 0.5) is 18.9 Å². The lowest BCUT2D eigenvalue weighted by Crippen LogP contribution is -2.28. The SMILES string of the molecule is CN(C1CC1)C(c1ccccc1)c1cc(NC(=O)c2cc(C(F)(F)F)nn2-c2cccc(CN)c2)cc(C2CC2)c1. The van der Waals surface area contributed by atoms with Gasteiger partial charge in [-0.25, -0.2) is 4.68 Å². The summed E-state index contributed by atoms with van der Waals surface area (Å²) in [5, 5.41) is 6.67. The summed E-state index contributed by atoms with van der Waals surface area (Å²) < 4.78 is 42.1. The van der Waals surface area contributed by atoms with Gasteiger partial charge in [-0.05, 0) is 85.2 Å². The summed E-state index contributed by atoms with van der Waals surface area (Å²) in [5.41, 5.74) is 9.33. The predicted molar refractivity (Wildman–Crippen MR) is 152 cm³/mol. The second kappa shape index (κ2) is 10.8. The number of aromatic nitrogens is 2. The normalized spacial score (nSPS) is 16.1. The topological polar surface area (TPSA) is 76.2 Å². The van der Waals surface area contributed by atoms with Gasteiger partial charge < -0.3 is 11.1 Å². The number of alkyl halides is 3. The maximum atomic E-state index is 13.7. The third-order valence-electron chi connectivity index (χ3n) is 7.87. The Morgan fingerprint density at radius 1 is 1.00 bits per heavy atom. The number of amides is 1. The summed E-state index contributed by atoms with van der Waals surface area (Å²) in [6, 6.07) is 24.3. The fourth-order valence-electron chi connectivity index (χ4n) is 5.44. The highest BCUT2D eigenvalue weighted by atomic mass is 19.4. The van der Waals surface area contributed by atoms with Crippen LogP contribution < -0.4 is 11.1 Å². The molecule has 9 heteroatoms. The highest BCUT2D eigenvalue weighted by Crippen LogP contribution is 2.44. The van der Waals surface area contributed by atoms with Gasteiger partial charge in [0.05, 0.1) is 11.7 Å². The van der Waals surface area contributed by atoms with E-state index in [4.69, 9.17) is 5.73 Å². The summed E-state index contributed by atoms with van der Waals surface area (Å²) in [4.78, 5) is 16.0. The first-order valence-electron chi connectivity index (χ1n) is 13.9. The van der Waals surface area contributed by atoms with E-state index in [1.165, 1.54) is 0 Å². The number of hydrogen-bond donors (Lipinski definition) is 2. The first-order chi connectivity index (χ1) is 19.7. The van der Waals surface area contributed by atoms with Crippen molar-refractivity contribution in [3.05, 3.63) is 113 Å². The molecule has 3 aromatic carbocycles. The number of carbonyl (C=O) groups excluding carboxylic acids is 1. The Bertz CT molecular complexity index is 1560. The smallest absolute Gasteiger partial charge is 0.326 e. The van der Waals surface area contributed by atoms with E-state index in [1.54, 1.807) is 24.3 Å². The van der Waals surface area contributed by atoms with Crippen molar-refractivity contribution in [2.75, 3.05) is 12.4 Å². The Morgan fingerprint density at radius 2 is 1.76 bits per heavy atom. The molecule has 0 radical (unpaired) electrons. The largest absolute Gasteiger partial charge is 0.435 e. The van der Waals surface area contributed by atoms with Gasteiger partial charge in [0.25, 0.3) is 5.91 Å². The van der Waals surface area contributed by atoms with E-state index in [1.807, 2.05) is 30.3 Å². The average Bonchev–Trinajstić information content (AvgIpc) is 3.90. The zero-order valence-corrected chi connectivity index (χ0v) is 22.7. The molecule has 1 amide bonds. The number of halogens is 3. The Hall–Kier alpha value is -3.95. The molecule has 6 nitrogen and oxygen atoms in total. The Labute approximate surface area is 237 Å². The molecular weight excluding hydrogens is 527 g/mol. The van der Waals surface area contributed by atoms with Crippen LogP contribution in [0.2, 0.25) is 0 Å². The van der Waals surface area contributed by atoms with Crippen molar-refractivity contribution in [3.8, 4) is 5.69 Å². The number of nitrogens with two attached hydrogens (primary N) is 1. The minimum absolute atomic E-state index is 0.0144. The predicted octanol–water partition coefficient (Wildman–Crippen LogP) is 6.66. The summed E-state index contributed by atoms with van der Waals surface area (Å²) in [5.74, 6) is -0.258. The van der Waals surface area contributed by atoms with Crippen LogP contribution in [0.5, 0.6) is 0 Å². The van der Waals surface area contributed by atoms with Crippen LogP contribution in [0, 0.1) is 0 Å². The van der Waals surface area contributed by atoms with E-state index in [0.29, 0.717) is 28.9 Å². The lowest BCUT2D eigenvalue weighted by molar-refractivity contribution is -0.141. The summed E-state index contributed by atoms with van der Waals surface area (Å²) in [6.45, 7) is 0.206. The number of carbonyl (C=O) groups is 1. The van der Waals surface area contributed by atoms with Crippen molar-refractivity contribution in [2.24, 2.45) is 5.73 Å². The molecule has 0 bridgehead atoms. The maximum absolute atomic E-state index is 13.7. The number of anilines is 1. The fraction of sp³-hybridized carbons (Fsp3) is 0.312. The van der Waals surface area contributed by atoms with Crippen molar-refractivity contribution < 1.29 is 18.0 Å². The number of benzene rings is 3. The van der Waals surface area contributed by atoms with Gasteiger partial charge in [0.2, 0.25) is 0 Å². The summed E-state index contributed by atoms with van der Waals surface area (Å²) in [7, 11) is 2.13. The van der Waals surface area contributed by atoms with E-state index in [9.17, 15) is 18.0 Å².